The second kappa shape index (κ2) is 5.52. The molecule has 5 nitrogen and oxygen atoms in total. The van der Waals surface area contributed by atoms with Gasteiger partial charge in [-0.1, -0.05) is 11.6 Å². The number of hydrogen-bond acceptors (Lipinski definition) is 4. The summed E-state index contributed by atoms with van der Waals surface area (Å²) in [5.41, 5.74) is 1.30. The summed E-state index contributed by atoms with van der Waals surface area (Å²) in [7, 11) is 0. The predicted octanol–water partition coefficient (Wildman–Crippen LogP) is 1.57. The SMILES string of the molecule is CC1CN(Cc2cc(=O)n3cc(Cl)ccc3n2)CCO1. The first kappa shape index (κ1) is 13.5. The third kappa shape index (κ3) is 2.85. The zero-order valence-electron chi connectivity index (χ0n) is 11.3. The van der Waals surface area contributed by atoms with E-state index in [0.29, 0.717) is 17.2 Å². The first-order chi connectivity index (χ1) is 9.61. The van der Waals surface area contributed by atoms with Gasteiger partial charge in [-0.15, -0.1) is 0 Å². The fourth-order valence-corrected chi connectivity index (χ4v) is 2.63. The minimum Gasteiger partial charge on any atom is -0.376 e. The molecule has 1 saturated heterocycles. The van der Waals surface area contributed by atoms with Crippen LogP contribution in [0.1, 0.15) is 12.6 Å². The molecule has 1 atom stereocenters. The van der Waals surface area contributed by atoms with E-state index in [2.05, 4.69) is 16.8 Å². The van der Waals surface area contributed by atoms with Gasteiger partial charge in [-0.25, -0.2) is 4.98 Å². The molecule has 0 bridgehead atoms. The molecule has 6 heteroatoms. The van der Waals surface area contributed by atoms with E-state index in [4.69, 9.17) is 16.3 Å². The largest absolute Gasteiger partial charge is 0.376 e. The predicted molar refractivity (Wildman–Crippen MR) is 77.2 cm³/mol. The highest BCUT2D eigenvalue weighted by Crippen LogP contribution is 2.11. The number of hydrogen-bond donors (Lipinski definition) is 0. The summed E-state index contributed by atoms with van der Waals surface area (Å²) in [6.07, 6.45) is 1.82. The molecular formula is C14H16ClN3O2. The third-order valence-corrected chi connectivity index (χ3v) is 3.61. The second-order valence-corrected chi connectivity index (χ2v) is 5.51. The molecule has 1 unspecified atom stereocenters. The lowest BCUT2D eigenvalue weighted by molar-refractivity contribution is -0.0215. The van der Waals surface area contributed by atoms with Crippen LogP contribution in [-0.4, -0.2) is 40.1 Å². The number of pyridine rings is 1. The average Bonchev–Trinajstić information content (AvgIpc) is 2.40. The lowest BCUT2D eigenvalue weighted by Crippen LogP contribution is -2.40. The third-order valence-electron chi connectivity index (χ3n) is 3.39. The normalized spacial score (nSPS) is 20.4. The molecule has 3 heterocycles. The molecule has 0 radical (unpaired) electrons. The number of morpholine rings is 1. The maximum Gasteiger partial charge on any atom is 0.258 e. The maximum atomic E-state index is 12.1. The smallest absolute Gasteiger partial charge is 0.258 e. The van der Waals surface area contributed by atoms with Crippen LogP contribution in [0.5, 0.6) is 0 Å². The summed E-state index contributed by atoms with van der Waals surface area (Å²) >= 11 is 5.89. The molecule has 1 aliphatic heterocycles. The Balaban J connectivity index is 1.89. The summed E-state index contributed by atoms with van der Waals surface area (Å²) in [6, 6.07) is 5.07. The quantitative estimate of drug-likeness (QED) is 0.843. The minimum absolute atomic E-state index is 0.103. The highest BCUT2D eigenvalue weighted by molar-refractivity contribution is 6.30. The van der Waals surface area contributed by atoms with E-state index in [-0.39, 0.29) is 11.7 Å². The van der Waals surface area contributed by atoms with Crippen molar-refractivity contribution in [1.82, 2.24) is 14.3 Å². The monoisotopic (exact) mass is 293 g/mol. The van der Waals surface area contributed by atoms with Gasteiger partial charge < -0.3 is 4.74 Å². The van der Waals surface area contributed by atoms with E-state index in [1.165, 1.54) is 4.40 Å². The zero-order chi connectivity index (χ0) is 14.1. The van der Waals surface area contributed by atoms with Crippen molar-refractivity contribution < 1.29 is 4.74 Å². The highest BCUT2D eigenvalue weighted by atomic mass is 35.5. The van der Waals surface area contributed by atoms with Gasteiger partial charge in [0.2, 0.25) is 0 Å². The van der Waals surface area contributed by atoms with Gasteiger partial charge in [0, 0.05) is 31.9 Å². The molecule has 0 N–H and O–H groups in total. The number of aromatic nitrogens is 2. The van der Waals surface area contributed by atoms with Gasteiger partial charge in [0.1, 0.15) is 5.65 Å². The number of ether oxygens (including phenoxy) is 1. The molecule has 2 aromatic heterocycles. The topological polar surface area (TPSA) is 46.8 Å². The van der Waals surface area contributed by atoms with Crippen LogP contribution in [0.25, 0.3) is 5.65 Å². The van der Waals surface area contributed by atoms with Gasteiger partial charge in [-0.05, 0) is 19.1 Å². The lowest BCUT2D eigenvalue weighted by Gasteiger charge is -2.30. The van der Waals surface area contributed by atoms with Crippen LogP contribution in [-0.2, 0) is 11.3 Å². The van der Waals surface area contributed by atoms with Gasteiger partial charge in [-0.3, -0.25) is 14.1 Å². The Morgan fingerprint density at radius 3 is 3.15 bits per heavy atom. The van der Waals surface area contributed by atoms with Crippen LogP contribution >= 0.6 is 11.6 Å². The first-order valence-electron chi connectivity index (χ1n) is 6.63. The van der Waals surface area contributed by atoms with Gasteiger partial charge in [-0.2, -0.15) is 0 Å². The Labute approximate surface area is 121 Å². The van der Waals surface area contributed by atoms with Crippen molar-refractivity contribution in [2.75, 3.05) is 19.7 Å². The van der Waals surface area contributed by atoms with Crippen molar-refractivity contribution in [2.24, 2.45) is 0 Å². The van der Waals surface area contributed by atoms with E-state index in [1.54, 1.807) is 24.4 Å². The molecule has 1 aliphatic rings. The van der Waals surface area contributed by atoms with Crippen LogP contribution in [0.3, 0.4) is 0 Å². The van der Waals surface area contributed by atoms with Crippen molar-refractivity contribution in [3.8, 4) is 0 Å². The van der Waals surface area contributed by atoms with E-state index in [9.17, 15) is 4.79 Å². The van der Waals surface area contributed by atoms with Crippen LogP contribution in [0.15, 0.2) is 29.2 Å². The maximum absolute atomic E-state index is 12.1. The molecule has 0 amide bonds. The molecule has 0 saturated carbocycles. The fourth-order valence-electron chi connectivity index (χ4n) is 2.47. The molecule has 0 aromatic carbocycles. The Bertz CT molecular complexity index is 686. The number of nitrogens with zero attached hydrogens (tertiary/aromatic N) is 3. The van der Waals surface area contributed by atoms with Gasteiger partial charge in [0.25, 0.3) is 5.56 Å². The van der Waals surface area contributed by atoms with E-state index in [0.717, 1.165) is 25.4 Å². The fraction of sp³-hybridized carbons (Fsp3) is 0.429. The molecule has 3 rings (SSSR count). The number of fused-ring (bicyclic) bond motifs is 1. The van der Waals surface area contributed by atoms with Crippen LogP contribution in [0.2, 0.25) is 5.02 Å². The second-order valence-electron chi connectivity index (χ2n) is 5.08. The van der Waals surface area contributed by atoms with Crippen molar-refractivity contribution in [1.29, 1.82) is 0 Å². The summed E-state index contributed by atoms with van der Waals surface area (Å²) in [6.45, 7) is 5.18. The standard InChI is InChI=1S/C14H16ClN3O2/c1-10-7-17(4-5-20-10)9-12-6-14(19)18-8-11(15)2-3-13(18)16-12/h2-3,6,8,10H,4-5,7,9H2,1H3. The van der Waals surface area contributed by atoms with Crippen molar-refractivity contribution in [3.05, 3.63) is 45.5 Å². The summed E-state index contributed by atoms with van der Waals surface area (Å²) in [5, 5.41) is 0.524. The highest BCUT2D eigenvalue weighted by Gasteiger charge is 2.17. The molecular weight excluding hydrogens is 278 g/mol. The Hall–Kier alpha value is -1.43. The summed E-state index contributed by atoms with van der Waals surface area (Å²) < 4.78 is 6.98. The Kier molecular flexibility index (Phi) is 3.74. The number of rotatable bonds is 2. The average molecular weight is 294 g/mol. The van der Waals surface area contributed by atoms with Gasteiger partial charge >= 0.3 is 0 Å². The Morgan fingerprint density at radius 1 is 1.50 bits per heavy atom. The van der Waals surface area contributed by atoms with E-state index in [1.807, 2.05) is 0 Å². The molecule has 2 aromatic rings. The first-order valence-corrected chi connectivity index (χ1v) is 7.01. The van der Waals surface area contributed by atoms with Crippen molar-refractivity contribution >= 4 is 17.2 Å². The van der Waals surface area contributed by atoms with E-state index < -0.39 is 0 Å². The molecule has 106 valence electrons. The zero-order valence-corrected chi connectivity index (χ0v) is 12.0. The summed E-state index contributed by atoms with van der Waals surface area (Å²) in [5.74, 6) is 0. The molecule has 0 spiro atoms. The van der Waals surface area contributed by atoms with Crippen LogP contribution < -0.4 is 5.56 Å². The van der Waals surface area contributed by atoms with Crippen LogP contribution in [0, 0.1) is 0 Å². The molecule has 0 aliphatic carbocycles. The summed E-state index contributed by atoms with van der Waals surface area (Å²) in [4.78, 5) is 18.8. The Morgan fingerprint density at radius 2 is 2.35 bits per heavy atom. The van der Waals surface area contributed by atoms with E-state index >= 15 is 0 Å². The van der Waals surface area contributed by atoms with Gasteiger partial charge in [0.15, 0.2) is 0 Å². The van der Waals surface area contributed by atoms with Crippen LogP contribution in [0.4, 0.5) is 0 Å². The number of halogens is 1. The van der Waals surface area contributed by atoms with Crippen molar-refractivity contribution in [2.45, 2.75) is 19.6 Å². The van der Waals surface area contributed by atoms with Crippen molar-refractivity contribution in [3.63, 3.8) is 0 Å². The molecule has 1 fully saturated rings. The molecule has 20 heavy (non-hydrogen) atoms. The lowest BCUT2D eigenvalue weighted by atomic mass is 10.2. The van der Waals surface area contributed by atoms with Gasteiger partial charge in [0.05, 0.1) is 23.4 Å². The minimum atomic E-state index is -0.103.